The highest BCUT2D eigenvalue weighted by molar-refractivity contribution is 6.30. The van der Waals surface area contributed by atoms with Gasteiger partial charge in [-0.05, 0) is 23.3 Å². The molecule has 6 nitrogen and oxygen atoms in total. The van der Waals surface area contributed by atoms with Crippen molar-refractivity contribution in [2.45, 2.75) is 19.6 Å². The molecule has 0 saturated heterocycles. The fraction of sp³-hybridized carbons (Fsp3) is 0.300. The van der Waals surface area contributed by atoms with Gasteiger partial charge in [0, 0.05) is 52.0 Å². The summed E-state index contributed by atoms with van der Waals surface area (Å²) in [5.74, 6) is 0.834. The molecule has 27 heavy (non-hydrogen) atoms. The Balaban J connectivity index is 1.65. The molecule has 0 fully saturated rings. The monoisotopic (exact) mass is 384 g/mol. The van der Waals surface area contributed by atoms with E-state index in [1.54, 1.807) is 13.2 Å². The molecule has 0 saturated carbocycles. The Labute approximate surface area is 165 Å². The van der Waals surface area contributed by atoms with Crippen LogP contribution in [0.1, 0.15) is 16.8 Å². The van der Waals surface area contributed by atoms with Gasteiger partial charge in [-0.15, -0.1) is 0 Å². The maximum absolute atomic E-state index is 6.09. The van der Waals surface area contributed by atoms with Crippen LogP contribution in [-0.2, 0) is 26.7 Å². The molecule has 0 aliphatic carbocycles. The van der Waals surface area contributed by atoms with Crippen molar-refractivity contribution in [3.8, 4) is 0 Å². The van der Waals surface area contributed by atoms with Crippen LogP contribution in [0.2, 0.25) is 5.02 Å². The Morgan fingerprint density at radius 2 is 2.04 bits per heavy atom. The zero-order valence-electron chi connectivity index (χ0n) is 15.9. The molecule has 7 heteroatoms. The SMILES string of the molecule is CN=C(NCc1ccccc1Cn1cccn1)N(C)Cc1cc(Cl)cn1C. The Kier molecular flexibility index (Phi) is 6.19. The molecule has 2 heterocycles. The predicted molar refractivity (Wildman–Crippen MR) is 110 cm³/mol. The van der Waals surface area contributed by atoms with Gasteiger partial charge in [0.2, 0.25) is 0 Å². The van der Waals surface area contributed by atoms with Crippen molar-refractivity contribution < 1.29 is 0 Å². The fourth-order valence-electron chi connectivity index (χ4n) is 3.05. The third kappa shape index (κ3) is 4.92. The van der Waals surface area contributed by atoms with Crippen molar-refractivity contribution in [2.75, 3.05) is 14.1 Å². The molecule has 0 aliphatic rings. The fourth-order valence-corrected chi connectivity index (χ4v) is 3.33. The highest BCUT2D eigenvalue weighted by Crippen LogP contribution is 2.14. The minimum Gasteiger partial charge on any atom is -0.352 e. The quantitative estimate of drug-likeness (QED) is 0.524. The summed E-state index contributed by atoms with van der Waals surface area (Å²) in [7, 11) is 5.81. The maximum atomic E-state index is 6.09. The first kappa shape index (κ1) is 19.0. The normalized spacial score (nSPS) is 11.6. The lowest BCUT2D eigenvalue weighted by Gasteiger charge is -2.23. The topological polar surface area (TPSA) is 50.4 Å². The van der Waals surface area contributed by atoms with Crippen molar-refractivity contribution in [3.05, 3.63) is 76.8 Å². The number of nitrogens with one attached hydrogen (secondary N) is 1. The van der Waals surface area contributed by atoms with Gasteiger partial charge in [-0.1, -0.05) is 35.9 Å². The van der Waals surface area contributed by atoms with Crippen LogP contribution in [-0.4, -0.2) is 39.3 Å². The van der Waals surface area contributed by atoms with Gasteiger partial charge >= 0.3 is 0 Å². The Bertz CT molecular complexity index is 897. The van der Waals surface area contributed by atoms with Crippen LogP contribution in [0.15, 0.2) is 60.0 Å². The lowest BCUT2D eigenvalue weighted by atomic mass is 10.1. The number of aliphatic imine (C=N–C) groups is 1. The van der Waals surface area contributed by atoms with Crippen molar-refractivity contribution in [2.24, 2.45) is 12.0 Å². The molecule has 2 aromatic heterocycles. The number of halogens is 1. The molecule has 0 radical (unpaired) electrons. The highest BCUT2D eigenvalue weighted by Gasteiger charge is 2.11. The van der Waals surface area contributed by atoms with Crippen molar-refractivity contribution in [3.63, 3.8) is 0 Å². The molecule has 3 aromatic rings. The van der Waals surface area contributed by atoms with Gasteiger partial charge in [0.05, 0.1) is 18.1 Å². The van der Waals surface area contributed by atoms with E-state index in [-0.39, 0.29) is 0 Å². The summed E-state index contributed by atoms with van der Waals surface area (Å²) in [5, 5.41) is 8.50. The molecular formula is C20H25ClN6. The smallest absolute Gasteiger partial charge is 0.194 e. The lowest BCUT2D eigenvalue weighted by Crippen LogP contribution is -2.38. The number of nitrogens with zero attached hydrogens (tertiary/aromatic N) is 5. The number of hydrogen-bond donors (Lipinski definition) is 1. The molecule has 0 bridgehead atoms. The van der Waals surface area contributed by atoms with E-state index in [0.29, 0.717) is 6.54 Å². The molecule has 1 N–H and O–H groups in total. The van der Waals surface area contributed by atoms with E-state index in [1.165, 1.54) is 11.1 Å². The third-order valence-electron chi connectivity index (χ3n) is 4.49. The molecule has 0 aliphatic heterocycles. The standard InChI is InChI=1S/C20H25ClN6/c1-22-20(26(3)15-19-11-18(21)14-25(19)2)23-12-16-7-4-5-8-17(16)13-27-10-6-9-24-27/h4-11,14H,12-13,15H2,1-3H3,(H,22,23). The first-order chi connectivity index (χ1) is 13.1. The number of hydrogen-bond acceptors (Lipinski definition) is 2. The van der Waals surface area contributed by atoms with E-state index in [9.17, 15) is 0 Å². The molecular weight excluding hydrogens is 360 g/mol. The Morgan fingerprint density at radius 3 is 2.67 bits per heavy atom. The average molecular weight is 385 g/mol. The summed E-state index contributed by atoms with van der Waals surface area (Å²) >= 11 is 6.09. The van der Waals surface area contributed by atoms with Gasteiger partial charge in [-0.2, -0.15) is 5.10 Å². The van der Waals surface area contributed by atoms with Crippen molar-refractivity contribution >= 4 is 17.6 Å². The minimum atomic E-state index is 0.697. The first-order valence-electron chi connectivity index (χ1n) is 8.83. The second-order valence-corrected chi connectivity index (χ2v) is 6.93. The Morgan fingerprint density at radius 1 is 1.26 bits per heavy atom. The van der Waals surface area contributed by atoms with E-state index < -0.39 is 0 Å². The first-order valence-corrected chi connectivity index (χ1v) is 9.21. The van der Waals surface area contributed by atoms with Crippen LogP contribution in [0.4, 0.5) is 0 Å². The van der Waals surface area contributed by atoms with Gasteiger partial charge in [0.15, 0.2) is 5.96 Å². The second kappa shape index (κ2) is 8.77. The molecule has 0 amide bonds. The van der Waals surface area contributed by atoms with E-state index >= 15 is 0 Å². The number of guanidine groups is 1. The van der Waals surface area contributed by atoms with Crippen LogP contribution in [0.5, 0.6) is 0 Å². The third-order valence-corrected chi connectivity index (χ3v) is 4.70. The molecule has 1 aromatic carbocycles. The summed E-state index contributed by atoms with van der Waals surface area (Å²) in [4.78, 5) is 6.50. The summed E-state index contributed by atoms with van der Waals surface area (Å²) < 4.78 is 3.96. The lowest BCUT2D eigenvalue weighted by molar-refractivity contribution is 0.461. The Hall–Kier alpha value is -2.73. The van der Waals surface area contributed by atoms with Crippen LogP contribution in [0, 0.1) is 0 Å². The summed E-state index contributed by atoms with van der Waals surface area (Å²) in [6.45, 7) is 2.17. The molecule has 0 atom stereocenters. The van der Waals surface area contributed by atoms with Crippen LogP contribution >= 0.6 is 11.6 Å². The van der Waals surface area contributed by atoms with Crippen LogP contribution < -0.4 is 5.32 Å². The zero-order chi connectivity index (χ0) is 19.2. The zero-order valence-corrected chi connectivity index (χ0v) is 16.7. The number of benzene rings is 1. The van der Waals surface area contributed by atoms with Crippen LogP contribution in [0.25, 0.3) is 0 Å². The number of aromatic nitrogens is 3. The van der Waals surface area contributed by atoms with Crippen molar-refractivity contribution in [1.82, 2.24) is 24.6 Å². The summed E-state index contributed by atoms with van der Waals surface area (Å²) in [6.07, 6.45) is 5.68. The molecule has 142 valence electrons. The highest BCUT2D eigenvalue weighted by atomic mass is 35.5. The van der Waals surface area contributed by atoms with Gasteiger partial charge < -0.3 is 14.8 Å². The second-order valence-electron chi connectivity index (χ2n) is 6.49. The molecule has 0 unspecified atom stereocenters. The van der Waals surface area contributed by atoms with Gasteiger partial charge in [0.25, 0.3) is 0 Å². The predicted octanol–water partition coefficient (Wildman–Crippen LogP) is 3.13. The van der Waals surface area contributed by atoms with Gasteiger partial charge in [-0.25, -0.2) is 0 Å². The van der Waals surface area contributed by atoms with Gasteiger partial charge in [0.1, 0.15) is 0 Å². The number of rotatable bonds is 6. The van der Waals surface area contributed by atoms with E-state index in [4.69, 9.17) is 11.6 Å². The van der Waals surface area contributed by atoms with E-state index in [2.05, 4.69) is 44.6 Å². The van der Waals surface area contributed by atoms with Crippen molar-refractivity contribution in [1.29, 1.82) is 0 Å². The van der Waals surface area contributed by atoms with Crippen LogP contribution in [0.3, 0.4) is 0 Å². The average Bonchev–Trinajstić information content (AvgIpc) is 3.26. The molecule has 3 rings (SSSR count). The maximum Gasteiger partial charge on any atom is 0.194 e. The van der Waals surface area contributed by atoms with Gasteiger partial charge in [-0.3, -0.25) is 9.67 Å². The molecule has 0 spiro atoms. The largest absolute Gasteiger partial charge is 0.352 e. The number of aryl methyl sites for hydroxylation is 1. The summed E-state index contributed by atoms with van der Waals surface area (Å²) in [6, 6.07) is 12.3. The minimum absolute atomic E-state index is 0.697. The summed E-state index contributed by atoms with van der Waals surface area (Å²) in [5.41, 5.74) is 3.59. The van der Waals surface area contributed by atoms with E-state index in [1.807, 2.05) is 47.9 Å². The van der Waals surface area contributed by atoms with E-state index in [0.717, 1.165) is 29.8 Å².